The number of nitrogens with zero attached hydrogens (tertiary/aromatic N) is 3. The number of hydrogen-bond acceptors (Lipinski definition) is 6. The molecule has 1 aromatic carbocycles. The Morgan fingerprint density at radius 2 is 1.75 bits per heavy atom. The van der Waals surface area contributed by atoms with Crippen LogP contribution < -0.4 is 4.90 Å². The van der Waals surface area contributed by atoms with E-state index < -0.39 is 26.5 Å². The van der Waals surface area contributed by atoms with Crippen molar-refractivity contribution in [2.24, 2.45) is 0 Å². The highest BCUT2D eigenvalue weighted by molar-refractivity contribution is 6.68. The molecule has 0 bridgehead atoms. The van der Waals surface area contributed by atoms with Crippen LogP contribution in [0.15, 0.2) is 12.1 Å². The quantitative estimate of drug-likeness (QED) is 0.480. The molecule has 1 saturated heterocycles. The highest BCUT2D eigenvalue weighted by Gasteiger charge is 2.31. The van der Waals surface area contributed by atoms with Crippen molar-refractivity contribution in [2.45, 2.75) is 12.8 Å². The number of hydrogen-bond donors (Lipinski definition) is 0. The first-order valence-corrected chi connectivity index (χ1v) is 6.21. The van der Waals surface area contributed by atoms with Gasteiger partial charge in [0.1, 0.15) is 5.69 Å². The van der Waals surface area contributed by atoms with Gasteiger partial charge in [0.2, 0.25) is 0 Å². The van der Waals surface area contributed by atoms with Crippen LogP contribution in [0.5, 0.6) is 0 Å². The number of nitro benzene ring substituents is 2. The largest absolute Gasteiger partial charge is 0.365 e. The van der Waals surface area contributed by atoms with E-state index in [-0.39, 0.29) is 11.3 Å². The fraction of sp³-hybridized carbons (Fsp3) is 0.364. The number of anilines is 1. The number of benzene rings is 1. The lowest BCUT2D eigenvalue weighted by Crippen LogP contribution is -2.21. The normalized spacial score (nSPS) is 14.3. The zero-order chi connectivity index (χ0) is 14.9. The van der Waals surface area contributed by atoms with Crippen LogP contribution in [0.4, 0.5) is 17.1 Å². The zero-order valence-corrected chi connectivity index (χ0v) is 11.0. The van der Waals surface area contributed by atoms with Crippen LogP contribution in [0, 0.1) is 20.2 Å². The van der Waals surface area contributed by atoms with Crippen LogP contribution in [0.25, 0.3) is 0 Å². The Bertz CT molecular complexity index is 563. The number of carbonyl (C=O) groups excluding carboxylic acids is 1. The SMILES string of the molecule is O=C(Cl)c1cc([N+](=O)[O-])cc([N+](=O)[O-])c1N1CCCC1. The Balaban J connectivity index is 2.70. The molecule has 1 fully saturated rings. The number of carbonyl (C=O) groups is 1. The molecule has 2 rings (SSSR count). The summed E-state index contributed by atoms with van der Waals surface area (Å²) in [7, 11) is 0. The summed E-state index contributed by atoms with van der Waals surface area (Å²) in [4.78, 5) is 33.5. The van der Waals surface area contributed by atoms with Crippen molar-refractivity contribution < 1.29 is 14.6 Å². The molecule has 0 N–H and O–H groups in total. The number of halogens is 1. The van der Waals surface area contributed by atoms with E-state index in [9.17, 15) is 25.0 Å². The molecule has 0 atom stereocenters. The highest BCUT2D eigenvalue weighted by atomic mass is 35.5. The van der Waals surface area contributed by atoms with Crippen LogP contribution in [-0.4, -0.2) is 28.2 Å². The topological polar surface area (TPSA) is 107 Å². The van der Waals surface area contributed by atoms with Gasteiger partial charge in [0.15, 0.2) is 0 Å². The lowest BCUT2D eigenvalue weighted by Gasteiger charge is -2.19. The van der Waals surface area contributed by atoms with Gasteiger partial charge in [-0.3, -0.25) is 25.0 Å². The average molecular weight is 300 g/mol. The summed E-state index contributed by atoms with van der Waals surface area (Å²) < 4.78 is 0. The average Bonchev–Trinajstić information content (AvgIpc) is 2.90. The highest BCUT2D eigenvalue weighted by Crippen LogP contribution is 2.38. The maximum Gasteiger partial charge on any atom is 0.300 e. The van der Waals surface area contributed by atoms with Gasteiger partial charge in [-0.25, -0.2) is 0 Å². The van der Waals surface area contributed by atoms with Crippen molar-refractivity contribution in [1.82, 2.24) is 0 Å². The lowest BCUT2D eigenvalue weighted by atomic mass is 10.1. The van der Waals surface area contributed by atoms with Gasteiger partial charge in [-0.1, -0.05) is 0 Å². The summed E-state index contributed by atoms with van der Waals surface area (Å²) in [6.07, 6.45) is 1.67. The Labute approximate surface area is 118 Å². The van der Waals surface area contributed by atoms with E-state index in [0.29, 0.717) is 13.1 Å². The van der Waals surface area contributed by atoms with Crippen LogP contribution in [0.1, 0.15) is 23.2 Å². The molecule has 9 heteroatoms. The third-order valence-electron chi connectivity index (χ3n) is 3.12. The molecule has 1 aromatic rings. The van der Waals surface area contributed by atoms with Crippen molar-refractivity contribution in [3.05, 3.63) is 37.9 Å². The first-order valence-electron chi connectivity index (χ1n) is 5.83. The molecule has 1 aliphatic rings. The van der Waals surface area contributed by atoms with Gasteiger partial charge in [0, 0.05) is 19.2 Å². The first kappa shape index (κ1) is 14.2. The first-order chi connectivity index (χ1) is 9.41. The molecule has 8 nitrogen and oxygen atoms in total. The van der Waals surface area contributed by atoms with E-state index in [1.165, 1.54) is 0 Å². The molecule has 0 aromatic heterocycles. The minimum absolute atomic E-state index is 0.0677. The molecule has 0 aliphatic carbocycles. The number of nitro groups is 2. The van der Waals surface area contributed by atoms with Gasteiger partial charge < -0.3 is 4.90 Å². The minimum Gasteiger partial charge on any atom is -0.365 e. The fourth-order valence-electron chi connectivity index (χ4n) is 2.27. The molecule has 20 heavy (non-hydrogen) atoms. The van der Waals surface area contributed by atoms with Crippen LogP contribution in [0.3, 0.4) is 0 Å². The van der Waals surface area contributed by atoms with E-state index in [1.54, 1.807) is 4.90 Å². The molecule has 106 valence electrons. The van der Waals surface area contributed by atoms with E-state index in [2.05, 4.69) is 0 Å². The van der Waals surface area contributed by atoms with E-state index in [4.69, 9.17) is 11.6 Å². The van der Waals surface area contributed by atoms with Gasteiger partial charge in [-0.05, 0) is 24.4 Å². The van der Waals surface area contributed by atoms with Gasteiger partial charge >= 0.3 is 0 Å². The summed E-state index contributed by atoms with van der Waals surface area (Å²) in [5.41, 5.74) is -1.12. The third-order valence-corrected chi connectivity index (χ3v) is 3.32. The van der Waals surface area contributed by atoms with Crippen molar-refractivity contribution >= 4 is 33.9 Å². The predicted molar refractivity (Wildman–Crippen MR) is 71.4 cm³/mol. The Morgan fingerprint density at radius 1 is 1.15 bits per heavy atom. The molecule has 0 radical (unpaired) electrons. The molecule has 1 aliphatic heterocycles. The predicted octanol–water partition coefficient (Wildman–Crippen LogP) is 2.48. The van der Waals surface area contributed by atoms with Gasteiger partial charge in [-0.15, -0.1) is 0 Å². The van der Waals surface area contributed by atoms with E-state index in [1.807, 2.05) is 0 Å². The summed E-state index contributed by atoms with van der Waals surface area (Å²) in [6, 6.07) is 1.84. The smallest absolute Gasteiger partial charge is 0.300 e. The number of rotatable bonds is 4. The summed E-state index contributed by atoms with van der Waals surface area (Å²) in [6.45, 7) is 1.10. The maximum absolute atomic E-state index is 11.5. The second-order valence-corrected chi connectivity index (χ2v) is 4.69. The van der Waals surface area contributed by atoms with Crippen molar-refractivity contribution in [3.8, 4) is 0 Å². The van der Waals surface area contributed by atoms with Crippen molar-refractivity contribution in [2.75, 3.05) is 18.0 Å². The Morgan fingerprint density at radius 3 is 2.20 bits per heavy atom. The minimum atomic E-state index is -0.946. The van der Waals surface area contributed by atoms with Gasteiger partial charge in [0.25, 0.3) is 16.6 Å². The maximum atomic E-state index is 11.5. The molecule has 0 unspecified atom stereocenters. The second-order valence-electron chi connectivity index (χ2n) is 4.34. The summed E-state index contributed by atoms with van der Waals surface area (Å²) >= 11 is 5.43. The monoisotopic (exact) mass is 299 g/mol. The van der Waals surface area contributed by atoms with Crippen LogP contribution in [-0.2, 0) is 0 Å². The van der Waals surface area contributed by atoms with Crippen LogP contribution >= 0.6 is 11.6 Å². The van der Waals surface area contributed by atoms with E-state index >= 15 is 0 Å². The lowest BCUT2D eigenvalue weighted by molar-refractivity contribution is -0.393. The van der Waals surface area contributed by atoms with Gasteiger partial charge in [-0.2, -0.15) is 0 Å². The molecule has 1 heterocycles. The second kappa shape index (κ2) is 5.41. The Hall–Kier alpha value is -2.22. The van der Waals surface area contributed by atoms with Crippen molar-refractivity contribution in [3.63, 3.8) is 0 Å². The summed E-state index contributed by atoms with van der Waals surface area (Å²) in [5.74, 6) is 0. The standard InChI is InChI=1S/C11H10ClN3O5/c12-11(16)8-5-7(14(17)18)6-9(15(19)20)10(8)13-3-1-2-4-13/h5-6H,1-4H2. The van der Waals surface area contributed by atoms with E-state index in [0.717, 1.165) is 25.0 Å². The zero-order valence-electron chi connectivity index (χ0n) is 10.2. The molecular weight excluding hydrogens is 290 g/mol. The summed E-state index contributed by atoms with van der Waals surface area (Å²) in [5, 5.41) is 21.0. The molecule has 0 saturated carbocycles. The third kappa shape index (κ3) is 2.55. The Kier molecular flexibility index (Phi) is 3.84. The fourth-order valence-corrected chi connectivity index (χ4v) is 2.42. The van der Waals surface area contributed by atoms with Crippen LogP contribution in [0.2, 0.25) is 0 Å². The molecule has 0 amide bonds. The molecular formula is C11H10ClN3O5. The van der Waals surface area contributed by atoms with Gasteiger partial charge in [0.05, 0.1) is 21.5 Å². The number of non-ortho nitro benzene ring substituents is 1. The molecule has 0 spiro atoms. The van der Waals surface area contributed by atoms with Crippen molar-refractivity contribution in [1.29, 1.82) is 0 Å².